The third-order valence-corrected chi connectivity index (χ3v) is 6.28. The van der Waals surface area contributed by atoms with Crippen LogP contribution in [0.1, 0.15) is 40.7 Å². The van der Waals surface area contributed by atoms with Crippen molar-refractivity contribution in [1.82, 2.24) is 4.42 Å². The van der Waals surface area contributed by atoms with Crippen molar-refractivity contribution in [2.24, 2.45) is 0 Å². The highest BCUT2D eigenvalue weighted by Crippen LogP contribution is 2.39. The molecule has 4 rings (SSSR count). The van der Waals surface area contributed by atoms with E-state index >= 15 is 0 Å². The van der Waals surface area contributed by atoms with Crippen molar-refractivity contribution in [3.8, 4) is 17.2 Å². The van der Waals surface area contributed by atoms with E-state index < -0.39 is 0 Å². The summed E-state index contributed by atoms with van der Waals surface area (Å²) in [5.41, 5.74) is 2.22. The number of hydrogen-bond acceptors (Lipinski definition) is 5. The van der Waals surface area contributed by atoms with Crippen LogP contribution in [0.5, 0.6) is 17.2 Å². The fourth-order valence-corrected chi connectivity index (χ4v) is 4.28. The zero-order valence-corrected chi connectivity index (χ0v) is 20.7. The van der Waals surface area contributed by atoms with Crippen LogP contribution in [-0.2, 0) is 16.0 Å². The fourth-order valence-electron chi connectivity index (χ4n) is 3.88. The second-order valence-electron chi connectivity index (χ2n) is 8.02. The number of carbonyl (C=O) groups excluding carboxylic acids is 2. The van der Waals surface area contributed by atoms with Crippen molar-refractivity contribution in [3.63, 3.8) is 0 Å². The normalized spacial score (nSPS) is 14.4. The van der Waals surface area contributed by atoms with E-state index in [2.05, 4.69) is 0 Å². The minimum Gasteiger partial charge on any atom is -0.493 e. The minimum atomic E-state index is -0.359. The van der Waals surface area contributed by atoms with E-state index in [0.717, 1.165) is 15.5 Å². The van der Waals surface area contributed by atoms with Gasteiger partial charge in [-0.15, -0.1) is 0 Å². The van der Waals surface area contributed by atoms with Gasteiger partial charge in [0.1, 0.15) is 17.2 Å². The number of hydrogen-bond donors (Lipinski definition) is 0. The van der Waals surface area contributed by atoms with Crippen molar-refractivity contribution in [3.05, 3.63) is 88.4 Å². The molecule has 1 atom stereocenters. The molecule has 6 nitrogen and oxygen atoms in total. The second-order valence-corrected chi connectivity index (χ2v) is 8.83. The van der Waals surface area contributed by atoms with E-state index in [4.69, 9.17) is 37.6 Å². The molecule has 3 aromatic rings. The molecular weight excluding hydrogens is 489 g/mol. The lowest BCUT2D eigenvalue weighted by Crippen LogP contribution is -2.24. The van der Waals surface area contributed by atoms with Gasteiger partial charge in [-0.1, -0.05) is 48.0 Å². The van der Waals surface area contributed by atoms with Crippen molar-refractivity contribution in [2.75, 3.05) is 19.8 Å². The molecule has 0 radical (unpaired) electrons. The Kier molecular flexibility index (Phi) is 8.16. The van der Waals surface area contributed by atoms with Crippen LogP contribution in [-0.4, -0.2) is 36.1 Å². The molecule has 0 bridgehead atoms. The van der Waals surface area contributed by atoms with E-state index in [9.17, 15) is 9.59 Å². The van der Waals surface area contributed by atoms with E-state index in [0.29, 0.717) is 55.4 Å². The molecular formula is C27H25Cl2NO5. The highest BCUT2D eigenvalue weighted by Gasteiger charge is 2.29. The molecule has 3 aromatic carbocycles. The van der Waals surface area contributed by atoms with Gasteiger partial charge in [-0.25, -0.2) is 0 Å². The summed E-state index contributed by atoms with van der Waals surface area (Å²) in [5, 5.41) is 0.270. The minimum absolute atomic E-state index is 0.258. The summed E-state index contributed by atoms with van der Waals surface area (Å²) in [6.45, 7) is 2.89. The van der Waals surface area contributed by atoms with Gasteiger partial charge in [-0.2, -0.15) is 0 Å². The average molecular weight is 514 g/mol. The number of ether oxygens (including phenoxy) is 3. The predicted molar refractivity (Wildman–Crippen MR) is 134 cm³/mol. The van der Waals surface area contributed by atoms with Gasteiger partial charge in [0, 0.05) is 35.5 Å². The molecule has 0 fully saturated rings. The first-order valence-electron chi connectivity index (χ1n) is 11.4. The largest absolute Gasteiger partial charge is 0.493 e. The number of nitrogens with zero attached hydrogens (tertiary/aromatic N) is 1. The van der Waals surface area contributed by atoms with Gasteiger partial charge < -0.3 is 14.2 Å². The first-order chi connectivity index (χ1) is 17.0. The van der Waals surface area contributed by atoms with Crippen molar-refractivity contribution in [1.29, 1.82) is 0 Å². The average Bonchev–Trinajstić information content (AvgIpc) is 2.88. The van der Waals surface area contributed by atoms with Crippen molar-refractivity contribution >= 4 is 35.3 Å². The Labute approximate surface area is 214 Å². The summed E-state index contributed by atoms with van der Waals surface area (Å²) in [6, 6.07) is 19.9. The van der Waals surface area contributed by atoms with Crippen LogP contribution in [0.25, 0.3) is 0 Å². The molecule has 0 saturated heterocycles. The lowest BCUT2D eigenvalue weighted by molar-refractivity contribution is -0.145. The molecule has 0 aromatic heterocycles. The number of esters is 1. The molecule has 35 heavy (non-hydrogen) atoms. The van der Waals surface area contributed by atoms with Gasteiger partial charge >= 0.3 is 5.97 Å². The number of carbonyl (C=O) groups is 2. The standard InChI is InChI=1S/C27H25Cl2NO5/c1-2-33-27(32)22-13-15-34-25-17-20(9-10-21(22)25)35-24-11-8-19(16-23(24)28)26(31)30(29)14-12-18-6-4-3-5-7-18/h3-11,16-17,22H,2,12-15H2,1H3. The number of amides is 1. The lowest BCUT2D eigenvalue weighted by atomic mass is 9.93. The Hall–Kier alpha value is -3.22. The quantitative estimate of drug-likeness (QED) is 0.257. The lowest BCUT2D eigenvalue weighted by Gasteiger charge is -2.25. The molecule has 0 saturated carbocycles. The van der Waals surface area contributed by atoms with Crippen LogP contribution in [0.3, 0.4) is 0 Å². The molecule has 8 heteroatoms. The molecule has 0 spiro atoms. The van der Waals surface area contributed by atoms with Gasteiger partial charge in [0.05, 0.1) is 24.2 Å². The fraction of sp³-hybridized carbons (Fsp3) is 0.259. The Morgan fingerprint density at radius 3 is 2.63 bits per heavy atom. The highest BCUT2D eigenvalue weighted by molar-refractivity contribution is 6.32. The van der Waals surface area contributed by atoms with Crippen LogP contribution in [0.2, 0.25) is 5.02 Å². The topological polar surface area (TPSA) is 65.1 Å². The van der Waals surface area contributed by atoms with Crippen LogP contribution in [0.4, 0.5) is 0 Å². The van der Waals surface area contributed by atoms with Crippen LogP contribution < -0.4 is 9.47 Å². The Morgan fingerprint density at radius 1 is 1.09 bits per heavy atom. The summed E-state index contributed by atoms with van der Waals surface area (Å²) in [6.07, 6.45) is 1.21. The smallest absolute Gasteiger partial charge is 0.313 e. The second kappa shape index (κ2) is 11.5. The molecule has 0 aliphatic carbocycles. The van der Waals surface area contributed by atoms with Crippen LogP contribution in [0, 0.1) is 0 Å². The first kappa shape index (κ1) is 24.9. The maximum Gasteiger partial charge on any atom is 0.313 e. The third kappa shape index (κ3) is 6.08. The number of benzene rings is 3. The molecule has 1 aliphatic heterocycles. The van der Waals surface area contributed by atoms with E-state index in [-0.39, 0.29) is 22.8 Å². The van der Waals surface area contributed by atoms with Crippen molar-refractivity contribution in [2.45, 2.75) is 25.7 Å². The Bertz CT molecular complexity index is 1200. The maximum absolute atomic E-state index is 12.7. The van der Waals surface area contributed by atoms with Crippen LogP contribution >= 0.6 is 23.4 Å². The van der Waals surface area contributed by atoms with E-state index in [1.54, 1.807) is 37.3 Å². The third-order valence-electron chi connectivity index (χ3n) is 5.66. The highest BCUT2D eigenvalue weighted by atomic mass is 35.5. The summed E-state index contributed by atoms with van der Waals surface area (Å²) in [4.78, 5) is 25.0. The summed E-state index contributed by atoms with van der Waals surface area (Å²) < 4.78 is 18.0. The number of fused-ring (bicyclic) bond motifs is 1. The van der Waals surface area contributed by atoms with Crippen LogP contribution in [0.15, 0.2) is 66.7 Å². The van der Waals surface area contributed by atoms with E-state index in [1.165, 1.54) is 6.07 Å². The van der Waals surface area contributed by atoms with Gasteiger partial charge in [0.25, 0.3) is 5.91 Å². The molecule has 1 amide bonds. The summed E-state index contributed by atoms with van der Waals surface area (Å²) in [7, 11) is 0. The predicted octanol–water partition coefficient (Wildman–Crippen LogP) is 6.40. The molecule has 1 aliphatic rings. The molecule has 1 heterocycles. The van der Waals surface area contributed by atoms with Gasteiger partial charge in [-0.05, 0) is 49.6 Å². The monoisotopic (exact) mass is 513 g/mol. The zero-order chi connectivity index (χ0) is 24.8. The summed E-state index contributed by atoms with van der Waals surface area (Å²) >= 11 is 12.6. The number of rotatable bonds is 8. The number of halogens is 2. The summed E-state index contributed by atoms with van der Waals surface area (Å²) in [5.74, 6) is 0.490. The Balaban J connectivity index is 1.42. The van der Waals surface area contributed by atoms with Gasteiger partial charge in [0.2, 0.25) is 0 Å². The van der Waals surface area contributed by atoms with Crippen molar-refractivity contribution < 1.29 is 23.8 Å². The zero-order valence-electron chi connectivity index (χ0n) is 19.2. The first-order valence-corrected chi connectivity index (χ1v) is 12.1. The molecule has 1 unspecified atom stereocenters. The molecule has 182 valence electrons. The van der Waals surface area contributed by atoms with Gasteiger partial charge in [-0.3, -0.25) is 14.0 Å². The maximum atomic E-state index is 12.7. The SMILES string of the molecule is CCOC(=O)C1CCOc2cc(Oc3ccc(C(=O)N(Cl)CCc4ccccc4)cc3Cl)ccc21. The van der Waals surface area contributed by atoms with Gasteiger partial charge in [0.15, 0.2) is 0 Å². The molecule has 0 N–H and O–H groups in total. The Morgan fingerprint density at radius 2 is 1.89 bits per heavy atom. The van der Waals surface area contributed by atoms with E-state index in [1.807, 2.05) is 30.3 Å².